The molecule has 0 aromatic heterocycles. The molecule has 228 valence electrons. The van der Waals surface area contributed by atoms with Crippen LogP contribution in [0.5, 0.6) is 5.75 Å². The summed E-state index contributed by atoms with van der Waals surface area (Å²) in [6, 6.07) is 33.4. The van der Waals surface area contributed by atoms with Gasteiger partial charge in [0.05, 0.1) is 19.7 Å². The molecule has 0 bridgehead atoms. The molecule has 0 N–H and O–H groups in total. The van der Waals surface area contributed by atoms with E-state index in [1.807, 2.05) is 0 Å². The van der Waals surface area contributed by atoms with Gasteiger partial charge in [-0.05, 0) is 70.5 Å². The maximum atomic E-state index is 11.8. The van der Waals surface area contributed by atoms with Crippen LogP contribution in [0.4, 0.5) is 13.2 Å². The molecular formula is C37H43F3O2P+. The first kappa shape index (κ1) is 33.9. The predicted molar refractivity (Wildman–Crippen MR) is 177 cm³/mol. The van der Waals surface area contributed by atoms with E-state index in [1.54, 1.807) is 6.07 Å². The summed E-state index contributed by atoms with van der Waals surface area (Å²) in [4.78, 5) is 0. The summed E-state index contributed by atoms with van der Waals surface area (Å²) in [5.41, 5.74) is 2.42. The molecule has 0 atom stereocenters. The van der Waals surface area contributed by atoms with Crippen molar-refractivity contribution in [2.45, 2.75) is 58.5 Å². The average Bonchev–Trinajstić information content (AvgIpc) is 2.96. The molecule has 0 spiro atoms. The van der Waals surface area contributed by atoms with Gasteiger partial charge in [0, 0.05) is 0 Å². The van der Waals surface area contributed by atoms with Crippen molar-refractivity contribution in [3.63, 3.8) is 0 Å². The SMILES string of the molecule is C=COCCOc1ccc([PH+](c2ccc(C(C)(C)C)cc2)c2ccc(C(C)(C)C)cc2)cc1.FC(F)(F)c1ccccc1. The molecule has 0 unspecified atom stereocenters. The van der Waals surface area contributed by atoms with Gasteiger partial charge in [-0.25, -0.2) is 0 Å². The summed E-state index contributed by atoms with van der Waals surface area (Å²) in [6.45, 7) is 18.1. The van der Waals surface area contributed by atoms with Gasteiger partial charge < -0.3 is 9.47 Å². The minimum atomic E-state index is -4.21. The first-order valence-corrected chi connectivity index (χ1v) is 15.9. The third kappa shape index (κ3) is 10.3. The third-order valence-electron chi connectivity index (χ3n) is 6.91. The molecule has 43 heavy (non-hydrogen) atoms. The fourth-order valence-electron chi connectivity index (χ4n) is 4.41. The Morgan fingerprint density at radius 1 is 0.581 bits per heavy atom. The zero-order valence-corrected chi connectivity index (χ0v) is 27.0. The lowest BCUT2D eigenvalue weighted by Gasteiger charge is -2.21. The number of alkyl halides is 3. The van der Waals surface area contributed by atoms with E-state index in [0.29, 0.717) is 13.2 Å². The highest BCUT2D eigenvalue weighted by Crippen LogP contribution is 2.35. The number of benzene rings is 4. The summed E-state index contributed by atoms with van der Waals surface area (Å²) in [5, 5.41) is 4.14. The Kier molecular flexibility index (Phi) is 11.6. The zero-order valence-electron chi connectivity index (χ0n) is 26.0. The Hall–Kier alpha value is -3.56. The third-order valence-corrected chi connectivity index (χ3v) is 9.64. The molecule has 0 amide bonds. The monoisotopic (exact) mass is 607 g/mol. The first-order valence-electron chi connectivity index (χ1n) is 14.4. The molecule has 0 aliphatic carbocycles. The van der Waals surface area contributed by atoms with Gasteiger partial charge in [-0.2, -0.15) is 13.2 Å². The van der Waals surface area contributed by atoms with Crippen molar-refractivity contribution < 1.29 is 22.6 Å². The van der Waals surface area contributed by atoms with Gasteiger partial charge >= 0.3 is 6.18 Å². The van der Waals surface area contributed by atoms with E-state index >= 15 is 0 Å². The maximum Gasteiger partial charge on any atom is 0.416 e. The number of rotatable bonds is 8. The predicted octanol–water partition coefficient (Wildman–Crippen LogP) is 9.02. The molecule has 0 fully saturated rings. The number of hydrogen-bond donors (Lipinski definition) is 0. The molecule has 6 heteroatoms. The molecular weight excluding hydrogens is 564 g/mol. The van der Waals surface area contributed by atoms with Gasteiger partial charge in [0.25, 0.3) is 0 Å². The van der Waals surface area contributed by atoms with Crippen LogP contribution in [-0.2, 0) is 21.7 Å². The van der Waals surface area contributed by atoms with Crippen molar-refractivity contribution in [1.29, 1.82) is 0 Å². The van der Waals surface area contributed by atoms with Crippen LogP contribution in [0, 0.1) is 0 Å². The zero-order chi connectivity index (χ0) is 31.7. The second kappa shape index (κ2) is 14.8. The van der Waals surface area contributed by atoms with Crippen molar-refractivity contribution in [1.82, 2.24) is 0 Å². The standard InChI is InChI=1S/C30H37O2P.C7H5F3/c1-8-31-21-22-32-25-13-19-28(20-14-25)33(26-15-9-23(10-16-26)29(2,3)4)27-17-11-24(12-18-27)30(5,6)7;8-7(9,10)6-4-2-1-3-5-6/h8-20H,1,21-22H2,2-7H3;1-5H/p+1. The van der Waals surface area contributed by atoms with Gasteiger partial charge in [0.15, 0.2) is 0 Å². The molecule has 0 saturated carbocycles. The lowest BCUT2D eigenvalue weighted by atomic mass is 9.87. The Morgan fingerprint density at radius 3 is 1.35 bits per heavy atom. The Morgan fingerprint density at radius 2 is 1.00 bits per heavy atom. The molecule has 0 aliphatic rings. The topological polar surface area (TPSA) is 18.5 Å². The highest BCUT2D eigenvalue weighted by atomic mass is 31.1. The quantitative estimate of drug-likeness (QED) is 0.113. The van der Waals surface area contributed by atoms with Crippen LogP contribution in [0.1, 0.15) is 58.2 Å². The second-order valence-corrected chi connectivity index (χ2v) is 14.8. The molecule has 4 aromatic carbocycles. The summed E-state index contributed by atoms with van der Waals surface area (Å²) in [5.74, 6) is 0.860. The molecule has 4 rings (SSSR count). The highest BCUT2D eigenvalue weighted by molar-refractivity contribution is 7.79. The van der Waals surface area contributed by atoms with E-state index in [9.17, 15) is 13.2 Å². The van der Waals surface area contributed by atoms with Crippen LogP contribution in [0.2, 0.25) is 0 Å². The van der Waals surface area contributed by atoms with Crippen molar-refractivity contribution in [2.24, 2.45) is 0 Å². The Balaban J connectivity index is 0.000000428. The van der Waals surface area contributed by atoms with E-state index in [-0.39, 0.29) is 10.8 Å². The van der Waals surface area contributed by atoms with Gasteiger partial charge in [-0.1, -0.05) is 103 Å². The van der Waals surface area contributed by atoms with Crippen LogP contribution >= 0.6 is 7.92 Å². The Labute approximate surface area is 256 Å². The number of halogens is 3. The van der Waals surface area contributed by atoms with Gasteiger partial charge in [-0.15, -0.1) is 0 Å². The van der Waals surface area contributed by atoms with E-state index < -0.39 is 19.7 Å². The molecule has 0 aliphatic heterocycles. The van der Waals surface area contributed by atoms with Crippen molar-refractivity contribution in [2.75, 3.05) is 13.2 Å². The van der Waals surface area contributed by atoms with Crippen LogP contribution in [0.15, 0.2) is 116 Å². The molecule has 4 aromatic rings. The minimum Gasteiger partial charge on any atom is -0.498 e. The summed E-state index contributed by atoms with van der Waals surface area (Å²) < 4.78 is 46.3. The van der Waals surface area contributed by atoms with E-state index in [0.717, 1.165) is 17.9 Å². The van der Waals surface area contributed by atoms with Crippen LogP contribution in [0.3, 0.4) is 0 Å². The summed E-state index contributed by atoms with van der Waals surface area (Å²) in [7, 11) is -1.14. The van der Waals surface area contributed by atoms with Gasteiger partial charge in [-0.3, -0.25) is 0 Å². The van der Waals surface area contributed by atoms with Crippen molar-refractivity contribution in [3.8, 4) is 5.75 Å². The van der Waals surface area contributed by atoms with Crippen LogP contribution < -0.4 is 20.7 Å². The second-order valence-electron chi connectivity index (χ2n) is 12.3. The van der Waals surface area contributed by atoms with Crippen molar-refractivity contribution >= 4 is 23.8 Å². The molecule has 0 radical (unpaired) electrons. The van der Waals surface area contributed by atoms with Crippen LogP contribution in [-0.4, -0.2) is 13.2 Å². The normalized spacial score (nSPS) is 11.9. The lowest BCUT2D eigenvalue weighted by molar-refractivity contribution is -0.137. The van der Waals surface area contributed by atoms with Crippen LogP contribution in [0.25, 0.3) is 0 Å². The maximum absolute atomic E-state index is 11.8. The Bertz CT molecular complexity index is 1340. The minimum absolute atomic E-state index is 0.147. The number of ether oxygens (including phenoxy) is 2. The van der Waals surface area contributed by atoms with E-state index in [4.69, 9.17) is 9.47 Å². The lowest BCUT2D eigenvalue weighted by Crippen LogP contribution is -2.22. The first-order chi connectivity index (χ1) is 20.2. The molecule has 0 saturated heterocycles. The number of hydrogen-bond acceptors (Lipinski definition) is 2. The fraction of sp³-hybridized carbons (Fsp3) is 0.297. The average molecular weight is 608 g/mol. The summed E-state index contributed by atoms with van der Waals surface area (Å²) >= 11 is 0. The highest BCUT2D eigenvalue weighted by Gasteiger charge is 2.29. The van der Waals surface area contributed by atoms with E-state index in [1.165, 1.54) is 45.4 Å². The largest absolute Gasteiger partial charge is 0.498 e. The van der Waals surface area contributed by atoms with Crippen molar-refractivity contribution in [3.05, 3.63) is 133 Å². The fourth-order valence-corrected chi connectivity index (χ4v) is 6.91. The molecule has 0 heterocycles. The molecule has 2 nitrogen and oxygen atoms in total. The van der Waals surface area contributed by atoms with Gasteiger partial charge in [0.1, 0.15) is 34.9 Å². The van der Waals surface area contributed by atoms with E-state index in [2.05, 4.69) is 121 Å². The van der Waals surface area contributed by atoms with Gasteiger partial charge in [0.2, 0.25) is 0 Å². The summed E-state index contributed by atoms with van der Waals surface area (Å²) in [6.07, 6.45) is -2.77. The smallest absolute Gasteiger partial charge is 0.416 e.